The number of urea groups is 1. The summed E-state index contributed by atoms with van der Waals surface area (Å²) >= 11 is 0. The molecule has 1 fully saturated rings. The number of benzene rings is 1. The number of hydrogen-bond acceptors (Lipinski definition) is 4. The molecule has 24 heavy (non-hydrogen) atoms. The minimum Gasteiger partial charge on any atom is -0.338 e. The average molecular weight is 330 g/mol. The fourth-order valence-electron chi connectivity index (χ4n) is 2.97. The van der Waals surface area contributed by atoms with Crippen molar-refractivity contribution in [1.82, 2.24) is 24.7 Å². The van der Waals surface area contributed by atoms with Crippen molar-refractivity contribution in [2.75, 3.05) is 51.6 Å². The number of imidazole rings is 1. The van der Waals surface area contributed by atoms with Crippen LogP contribution < -0.4 is 10.6 Å². The van der Waals surface area contributed by atoms with Gasteiger partial charge < -0.3 is 25.0 Å². The van der Waals surface area contributed by atoms with E-state index < -0.39 is 0 Å². The number of fused-ring (bicyclic) bond motifs is 1. The summed E-state index contributed by atoms with van der Waals surface area (Å²) < 4.78 is 1.96. The molecule has 0 atom stereocenters. The number of carbonyl (C=O) groups is 1. The molecule has 7 nitrogen and oxygen atoms in total. The van der Waals surface area contributed by atoms with Crippen molar-refractivity contribution in [1.29, 1.82) is 0 Å². The topological polar surface area (TPSA) is 65.4 Å². The first-order valence-corrected chi connectivity index (χ1v) is 8.48. The van der Waals surface area contributed by atoms with Gasteiger partial charge in [-0.3, -0.25) is 0 Å². The van der Waals surface area contributed by atoms with Gasteiger partial charge in [0, 0.05) is 45.5 Å². The third-order valence-corrected chi connectivity index (χ3v) is 4.52. The summed E-state index contributed by atoms with van der Waals surface area (Å²) in [6, 6.07) is 5.59. The van der Waals surface area contributed by atoms with Crippen molar-refractivity contribution in [3.05, 3.63) is 24.5 Å². The Bertz CT molecular complexity index is 689. The summed E-state index contributed by atoms with van der Waals surface area (Å²) in [7, 11) is 4.11. The lowest BCUT2D eigenvalue weighted by molar-refractivity contribution is 0.153. The fourth-order valence-corrected chi connectivity index (χ4v) is 2.97. The first-order valence-electron chi connectivity index (χ1n) is 8.48. The van der Waals surface area contributed by atoms with Crippen LogP contribution >= 0.6 is 0 Å². The minimum absolute atomic E-state index is 0.163. The van der Waals surface area contributed by atoms with Crippen LogP contribution in [0.15, 0.2) is 24.5 Å². The van der Waals surface area contributed by atoms with Gasteiger partial charge in [-0.25, -0.2) is 9.78 Å². The average Bonchev–Trinajstić information content (AvgIpc) is 2.94. The summed E-state index contributed by atoms with van der Waals surface area (Å²) in [4.78, 5) is 21.1. The van der Waals surface area contributed by atoms with Gasteiger partial charge in [-0.15, -0.1) is 0 Å². The lowest BCUT2D eigenvalue weighted by atomic mass is 10.2. The Labute approximate surface area is 142 Å². The fraction of sp³-hybridized carbons (Fsp3) is 0.529. The van der Waals surface area contributed by atoms with Crippen LogP contribution in [0.25, 0.3) is 11.0 Å². The third kappa shape index (κ3) is 4.24. The van der Waals surface area contributed by atoms with E-state index >= 15 is 0 Å². The molecule has 7 heteroatoms. The molecule has 1 aromatic heterocycles. The van der Waals surface area contributed by atoms with Gasteiger partial charge in [0.25, 0.3) is 0 Å². The van der Waals surface area contributed by atoms with Gasteiger partial charge in [-0.2, -0.15) is 0 Å². The molecule has 2 N–H and O–H groups in total. The maximum absolute atomic E-state index is 12.0. The summed E-state index contributed by atoms with van der Waals surface area (Å²) in [6.45, 7) is 6.21. The molecule has 130 valence electrons. The number of nitrogens with zero attached hydrogens (tertiary/aromatic N) is 4. The number of likely N-dealkylation sites (N-methyl/N-ethyl adjacent to an activating group) is 1. The number of nitrogens with one attached hydrogen (secondary N) is 2. The molecule has 1 aliphatic rings. The molecule has 0 unspecified atom stereocenters. The number of aryl methyl sites for hydroxylation is 1. The van der Waals surface area contributed by atoms with Crippen LogP contribution in [-0.4, -0.2) is 71.7 Å². The Morgan fingerprint density at radius 3 is 2.79 bits per heavy atom. The van der Waals surface area contributed by atoms with Crippen LogP contribution in [-0.2, 0) is 7.05 Å². The zero-order valence-corrected chi connectivity index (χ0v) is 14.5. The second-order valence-electron chi connectivity index (χ2n) is 6.44. The Morgan fingerprint density at radius 1 is 1.21 bits per heavy atom. The highest BCUT2D eigenvalue weighted by Gasteiger charge is 2.13. The van der Waals surface area contributed by atoms with Crippen molar-refractivity contribution >= 4 is 22.8 Å². The van der Waals surface area contributed by atoms with E-state index in [0.29, 0.717) is 6.54 Å². The highest BCUT2D eigenvalue weighted by atomic mass is 16.2. The maximum Gasteiger partial charge on any atom is 0.319 e. The predicted molar refractivity (Wildman–Crippen MR) is 96.3 cm³/mol. The number of aromatic nitrogens is 2. The van der Waals surface area contributed by atoms with Crippen LogP contribution in [0.1, 0.15) is 6.42 Å². The van der Waals surface area contributed by atoms with Crippen molar-refractivity contribution in [2.45, 2.75) is 6.42 Å². The number of carbonyl (C=O) groups excluding carboxylic acids is 1. The molecule has 0 radical (unpaired) electrons. The molecule has 3 rings (SSSR count). The molecule has 2 aromatic rings. The van der Waals surface area contributed by atoms with Crippen molar-refractivity contribution in [2.24, 2.45) is 7.05 Å². The Balaban J connectivity index is 1.39. The van der Waals surface area contributed by atoms with E-state index in [1.165, 1.54) is 0 Å². The van der Waals surface area contributed by atoms with Gasteiger partial charge in [-0.1, -0.05) is 0 Å². The molecule has 0 spiro atoms. The molecule has 0 bridgehead atoms. The molecular formula is C17H26N6O. The summed E-state index contributed by atoms with van der Waals surface area (Å²) in [5.74, 6) is 0. The van der Waals surface area contributed by atoms with Crippen molar-refractivity contribution in [3.8, 4) is 0 Å². The lowest BCUT2D eigenvalue weighted by Gasteiger charge is -2.32. The zero-order chi connectivity index (χ0) is 16.9. The van der Waals surface area contributed by atoms with Gasteiger partial charge in [-0.05, 0) is 38.2 Å². The molecule has 2 heterocycles. The number of hydrogen-bond donors (Lipinski definition) is 2. The second kappa shape index (κ2) is 7.63. The molecule has 0 saturated carbocycles. The Kier molecular flexibility index (Phi) is 5.32. The van der Waals surface area contributed by atoms with Crippen molar-refractivity contribution in [3.63, 3.8) is 0 Å². The first kappa shape index (κ1) is 16.7. The first-order chi connectivity index (χ1) is 11.6. The van der Waals surface area contributed by atoms with Gasteiger partial charge in [0.1, 0.15) is 0 Å². The van der Waals surface area contributed by atoms with Gasteiger partial charge in [0.15, 0.2) is 0 Å². The number of piperazine rings is 1. The summed E-state index contributed by atoms with van der Waals surface area (Å²) in [5.41, 5.74) is 2.69. The molecule has 2 amide bonds. The van der Waals surface area contributed by atoms with Crippen LogP contribution in [0.4, 0.5) is 10.5 Å². The SMILES string of the molecule is CN1CCN(CCCNC(=O)Nc2ccc3c(c2)ncn3C)CC1. The Hall–Kier alpha value is -2.12. The lowest BCUT2D eigenvalue weighted by Crippen LogP contribution is -2.45. The number of amides is 2. The van der Waals surface area contributed by atoms with E-state index in [1.54, 1.807) is 6.33 Å². The normalized spacial score (nSPS) is 16.4. The molecule has 1 aliphatic heterocycles. The van der Waals surface area contributed by atoms with Crippen LogP contribution in [0, 0.1) is 0 Å². The van der Waals surface area contributed by atoms with Gasteiger partial charge >= 0.3 is 6.03 Å². The van der Waals surface area contributed by atoms with Gasteiger partial charge in [0.2, 0.25) is 0 Å². The summed E-state index contributed by atoms with van der Waals surface area (Å²) in [6.07, 6.45) is 2.74. The third-order valence-electron chi connectivity index (χ3n) is 4.52. The maximum atomic E-state index is 12.0. The second-order valence-corrected chi connectivity index (χ2v) is 6.44. The molecule has 1 aromatic carbocycles. The van der Waals surface area contributed by atoms with Crippen molar-refractivity contribution < 1.29 is 4.79 Å². The van der Waals surface area contributed by atoms with Crippen LogP contribution in [0.3, 0.4) is 0 Å². The molecule has 0 aliphatic carbocycles. The van der Waals surface area contributed by atoms with E-state index in [1.807, 2.05) is 29.8 Å². The van der Waals surface area contributed by atoms with E-state index in [4.69, 9.17) is 0 Å². The van der Waals surface area contributed by atoms with E-state index in [-0.39, 0.29) is 6.03 Å². The van der Waals surface area contributed by atoms with E-state index in [9.17, 15) is 4.79 Å². The van der Waals surface area contributed by atoms with E-state index in [2.05, 4.69) is 32.5 Å². The smallest absolute Gasteiger partial charge is 0.319 e. The number of anilines is 1. The Morgan fingerprint density at radius 2 is 2.00 bits per heavy atom. The quantitative estimate of drug-likeness (QED) is 0.812. The monoisotopic (exact) mass is 330 g/mol. The summed E-state index contributed by atoms with van der Waals surface area (Å²) in [5, 5.41) is 5.79. The highest BCUT2D eigenvalue weighted by molar-refractivity contribution is 5.91. The predicted octanol–water partition coefficient (Wildman–Crippen LogP) is 1.33. The van der Waals surface area contributed by atoms with Crippen LogP contribution in [0.5, 0.6) is 0 Å². The van der Waals surface area contributed by atoms with Gasteiger partial charge in [0.05, 0.1) is 17.4 Å². The zero-order valence-electron chi connectivity index (χ0n) is 14.5. The largest absolute Gasteiger partial charge is 0.338 e. The standard InChI is InChI=1S/C17H26N6O/c1-21-8-10-23(11-9-21)7-3-6-18-17(24)20-14-4-5-16-15(12-14)19-13-22(16)2/h4-5,12-13H,3,6-11H2,1-2H3,(H2,18,20,24). The molecular weight excluding hydrogens is 304 g/mol. The van der Waals surface area contributed by atoms with E-state index in [0.717, 1.165) is 55.9 Å². The highest BCUT2D eigenvalue weighted by Crippen LogP contribution is 2.17. The van der Waals surface area contributed by atoms with Crippen LogP contribution in [0.2, 0.25) is 0 Å². The number of rotatable bonds is 5. The minimum atomic E-state index is -0.163. The molecule has 1 saturated heterocycles.